The van der Waals surface area contributed by atoms with Crippen LogP contribution in [0.3, 0.4) is 0 Å². The van der Waals surface area contributed by atoms with Crippen LogP contribution >= 0.6 is 0 Å². The number of urea groups is 1. The number of nitrogens with zero attached hydrogens (tertiary/aromatic N) is 2. The molecule has 0 aliphatic carbocycles. The van der Waals surface area contributed by atoms with Crippen LogP contribution in [-0.2, 0) is 4.74 Å². The largest absolute Gasteiger partial charge is 0.481 e. The number of anilines is 1. The number of pyridine rings is 1. The average Bonchev–Trinajstić information content (AvgIpc) is 2.47. The molecule has 22 heavy (non-hydrogen) atoms. The summed E-state index contributed by atoms with van der Waals surface area (Å²) in [7, 11) is 1.55. The Kier molecular flexibility index (Phi) is 5.97. The molecule has 2 rings (SSSR count). The van der Waals surface area contributed by atoms with Crippen LogP contribution in [0.15, 0.2) is 18.3 Å². The fraction of sp³-hybridized carbons (Fsp3) is 0.600. The molecule has 1 saturated heterocycles. The first-order chi connectivity index (χ1) is 10.6. The standard InChI is InChI=1S/C15H24N4O3/c1-11-9-19(10-12(2)22-11)7-6-16-15(20)18-13-4-5-14(21-3)17-8-13/h4-5,8,11-12H,6-7,9-10H2,1-3H3,(H2,16,18,20)/t11-,12-/m1/s1. The number of nitrogens with one attached hydrogen (secondary N) is 2. The van der Waals surface area contributed by atoms with Crippen molar-refractivity contribution >= 4 is 11.7 Å². The summed E-state index contributed by atoms with van der Waals surface area (Å²) in [5.74, 6) is 0.515. The van der Waals surface area contributed by atoms with Crippen molar-refractivity contribution in [3.63, 3.8) is 0 Å². The van der Waals surface area contributed by atoms with Gasteiger partial charge in [-0.3, -0.25) is 4.90 Å². The molecule has 0 bridgehead atoms. The van der Waals surface area contributed by atoms with E-state index in [-0.39, 0.29) is 18.2 Å². The van der Waals surface area contributed by atoms with Crippen molar-refractivity contribution in [2.45, 2.75) is 26.1 Å². The number of carbonyl (C=O) groups is 1. The summed E-state index contributed by atoms with van der Waals surface area (Å²) in [5, 5.41) is 5.58. The highest BCUT2D eigenvalue weighted by Gasteiger charge is 2.21. The Morgan fingerprint density at radius 2 is 2.14 bits per heavy atom. The minimum atomic E-state index is -0.235. The molecule has 1 aliphatic rings. The minimum Gasteiger partial charge on any atom is -0.481 e. The number of morpholine rings is 1. The average molecular weight is 308 g/mol. The number of carbonyl (C=O) groups excluding carboxylic acids is 1. The van der Waals surface area contributed by atoms with E-state index >= 15 is 0 Å². The number of methoxy groups -OCH3 is 1. The monoisotopic (exact) mass is 308 g/mol. The van der Waals surface area contributed by atoms with Crippen molar-refractivity contribution in [2.75, 3.05) is 38.6 Å². The van der Waals surface area contributed by atoms with Crippen LogP contribution in [0, 0.1) is 0 Å². The van der Waals surface area contributed by atoms with Gasteiger partial charge < -0.3 is 20.1 Å². The maximum Gasteiger partial charge on any atom is 0.319 e. The molecule has 2 atom stereocenters. The van der Waals surface area contributed by atoms with Gasteiger partial charge >= 0.3 is 6.03 Å². The first kappa shape index (κ1) is 16.5. The molecule has 7 nitrogen and oxygen atoms in total. The van der Waals surface area contributed by atoms with E-state index in [4.69, 9.17) is 9.47 Å². The highest BCUT2D eigenvalue weighted by Crippen LogP contribution is 2.11. The molecule has 1 aromatic rings. The topological polar surface area (TPSA) is 75.7 Å². The number of hydrogen-bond donors (Lipinski definition) is 2. The zero-order valence-corrected chi connectivity index (χ0v) is 13.3. The predicted molar refractivity (Wildman–Crippen MR) is 84.3 cm³/mol. The van der Waals surface area contributed by atoms with Crippen LogP contribution in [0.25, 0.3) is 0 Å². The fourth-order valence-corrected chi connectivity index (χ4v) is 2.54. The molecule has 0 saturated carbocycles. The maximum atomic E-state index is 11.8. The number of amides is 2. The lowest BCUT2D eigenvalue weighted by molar-refractivity contribution is -0.0672. The van der Waals surface area contributed by atoms with Crippen LogP contribution < -0.4 is 15.4 Å². The molecule has 1 aliphatic heterocycles. The van der Waals surface area contributed by atoms with Gasteiger partial charge in [0.2, 0.25) is 5.88 Å². The van der Waals surface area contributed by atoms with E-state index in [1.807, 2.05) is 0 Å². The van der Waals surface area contributed by atoms with Crippen molar-refractivity contribution in [3.05, 3.63) is 18.3 Å². The molecule has 1 aromatic heterocycles. The quantitative estimate of drug-likeness (QED) is 0.858. The second kappa shape index (κ2) is 7.95. The molecule has 2 amide bonds. The van der Waals surface area contributed by atoms with Crippen molar-refractivity contribution in [1.82, 2.24) is 15.2 Å². The Balaban J connectivity index is 1.69. The first-order valence-corrected chi connectivity index (χ1v) is 7.49. The summed E-state index contributed by atoms with van der Waals surface area (Å²) in [6.07, 6.45) is 2.04. The molecular formula is C15H24N4O3. The van der Waals surface area contributed by atoms with E-state index in [0.717, 1.165) is 19.6 Å². The van der Waals surface area contributed by atoms with Crippen LogP contribution in [0.4, 0.5) is 10.5 Å². The van der Waals surface area contributed by atoms with Crippen molar-refractivity contribution in [3.8, 4) is 5.88 Å². The van der Waals surface area contributed by atoms with Gasteiger partial charge in [0.1, 0.15) is 0 Å². The van der Waals surface area contributed by atoms with Gasteiger partial charge in [0.15, 0.2) is 0 Å². The molecule has 0 unspecified atom stereocenters. The zero-order valence-electron chi connectivity index (χ0n) is 13.3. The number of aromatic nitrogens is 1. The summed E-state index contributed by atoms with van der Waals surface area (Å²) in [5.41, 5.74) is 0.631. The van der Waals surface area contributed by atoms with Crippen molar-refractivity contribution < 1.29 is 14.3 Å². The van der Waals surface area contributed by atoms with Gasteiger partial charge in [0.25, 0.3) is 0 Å². The summed E-state index contributed by atoms with van der Waals surface area (Å²) in [6.45, 7) is 7.34. The summed E-state index contributed by atoms with van der Waals surface area (Å²) in [6, 6.07) is 3.21. The van der Waals surface area contributed by atoms with Crippen LogP contribution in [-0.4, -0.2) is 61.4 Å². The molecule has 7 heteroatoms. The SMILES string of the molecule is COc1ccc(NC(=O)NCCN2C[C@@H](C)O[C@H](C)C2)cn1. The maximum absolute atomic E-state index is 11.8. The van der Waals surface area contributed by atoms with Crippen LogP contribution in [0.1, 0.15) is 13.8 Å². The van der Waals surface area contributed by atoms with Crippen molar-refractivity contribution in [1.29, 1.82) is 0 Å². The first-order valence-electron chi connectivity index (χ1n) is 7.49. The fourth-order valence-electron chi connectivity index (χ4n) is 2.54. The van der Waals surface area contributed by atoms with Gasteiger partial charge in [-0.15, -0.1) is 0 Å². The van der Waals surface area contributed by atoms with E-state index in [0.29, 0.717) is 18.1 Å². The van der Waals surface area contributed by atoms with E-state index in [1.54, 1.807) is 25.4 Å². The molecule has 0 radical (unpaired) electrons. The smallest absolute Gasteiger partial charge is 0.319 e. The molecule has 1 fully saturated rings. The van der Waals surface area contributed by atoms with Gasteiger partial charge in [-0.2, -0.15) is 0 Å². The van der Waals surface area contributed by atoms with Gasteiger partial charge in [-0.1, -0.05) is 0 Å². The molecule has 2 N–H and O–H groups in total. The van der Waals surface area contributed by atoms with Crippen LogP contribution in [0.2, 0.25) is 0 Å². The molecule has 0 aromatic carbocycles. The van der Waals surface area contributed by atoms with Gasteiger partial charge in [0.05, 0.1) is 31.2 Å². The Bertz CT molecular complexity index is 470. The number of hydrogen-bond acceptors (Lipinski definition) is 5. The van der Waals surface area contributed by atoms with E-state index < -0.39 is 0 Å². The Morgan fingerprint density at radius 1 is 1.41 bits per heavy atom. The van der Waals surface area contributed by atoms with Crippen LogP contribution in [0.5, 0.6) is 5.88 Å². The number of ether oxygens (including phenoxy) is 2. The summed E-state index contributed by atoms with van der Waals surface area (Å²) >= 11 is 0. The predicted octanol–water partition coefficient (Wildman–Crippen LogP) is 1.32. The highest BCUT2D eigenvalue weighted by atomic mass is 16.5. The number of rotatable bonds is 5. The third-order valence-corrected chi connectivity index (χ3v) is 3.41. The zero-order chi connectivity index (χ0) is 15.9. The Hall–Kier alpha value is -1.86. The third kappa shape index (κ3) is 5.16. The normalized spacial score (nSPS) is 22.1. The summed E-state index contributed by atoms with van der Waals surface area (Å²) < 4.78 is 10.7. The second-order valence-corrected chi connectivity index (χ2v) is 5.49. The van der Waals surface area contributed by atoms with Gasteiger partial charge in [-0.25, -0.2) is 9.78 Å². The van der Waals surface area contributed by atoms with Crippen molar-refractivity contribution in [2.24, 2.45) is 0 Å². The Morgan fingerprint density at radius 3 is 2.73 bits per heavy atom. The Labute approximate surface area is 131 Å². The lowest BCUT2D eigenvalue weighted by atomic mass is 10.2. The lowest BCUT2D eigenvalue weighted by Crippen LogP contribution is -2.48. The third-order valence-electron chi connectivity index (χ3n) is 3.41. The summed E-state index contributed by atoms with van der Waals surface area (Å²) in [4.78, 5) is 18.1. The lowest BCUT2D eigenvalue weighted by Gasteiger charge is -2.35. The van der Waals surface area contributed by atoms with E-state index in [1.165, 1.54) is 0 Å². The van der Waals surface area contributed by atoms with E-state index in [2.05, 4.69) is 34.4 Å². The van der Waals surface area contributed by atoms with Gasteiger partial charge in [0, 0.05) is 32.2 Å². The van der Waals surface area contributed by atoms with Gasteiger partial charge in [-0.05, 0) is 19.9 Å². The molecule has 2 heterocycles. The molecule has 122 valence electrons. The molecule has 0 spiro atoms. The highest BCUT2D eigenvalue weighted by molar-refractivity contribution is 5.88. The minimum absolute atomic E-state index is 0.235. The second-order valence-electron chi connectivity index (χ2n) is 5.49. The van der Waals surface area contributed by atoms with E-state index in [9.17, 15) is 4.79 Å². The molecular weight excluding hydrogens is 284 g/mol.